The zero-order valence-corrected chi connectivity index (χ0v) is 11.6. The Morgan fingerprint density at radius 3 is 3.05 bits per heavy atom. The molecule has 1 saturated heterocycles. The number of hydrogen-bond acceptors (Lipinski definition) is 6. The zero-order valence-electron chi connectivity index (χ0n) is 11.6. The number of anilines is 2. The Hall–Kier alpha value is -1.40. The van der Waals surface area contributed by atoms with Gasteiger partial charge in [0, 0.05) is 39.4 Å². The molecule has 0 aliphatic carbocycles. The molecule has 0 aromatic carbocycles. The molecule has 1 aliphatic heterocycles. The standard InChI is InChI=1S/C13H22N4O2/c1-3-6-14-12-15-7-4-11(17-12)16-9-13(18-2)5-8-19-10-13/h4,7H,3,5-6,8-10H2,1-2H3,(H2,14,15,16,17). The van der Waals surface area contributed by atoms with Gasteiger partial charge in [0.15, 0.2) is 0 Å². The van der Waals surface area contributed by atoms with E-state index >= 15 is 0 Å². The summed E-state index contributed by atoms with van der Waals surface area (Å²) >= 11 is 0. The highest BCUT2D eigenvalue weighted by atomic mass is 16.5. The molecule has 0 bridgehead atoms. The van der Waals surface area contributed by atoms with Crippen LogP contribution in [0.3, 0.4) is 0 Å². The largest absolute Gasteiger partial charge is 0.378 e. The van der Waals surface area contributed by atoms with Crippen LogP contribution < -0.4 is 10.6 Å². The third-order valence-corrected chi connectivity index (χ3v) is 3.28. The lowest BCUT2D eigenvalue weighted by molar-refractivity contribution is -0.00625. The Kier molecular flexibility index (Phi) is 4.93. The molecule has 1 fully saturated rings. The van der Waals surface area contributed by atoms with Gasteiger partial charge in [0.25, 0.3) is 0 Å². The number of rotatable bonds is 7. The van der Waals surface area contributed by atoms with Crippen LogP contribution in [0.1, 0.15) is 19.8 Å². The van der Waals surface area contributed by atoms with Crippen molar-refractivity contribution in [3.05, 3.63) is 12.3 Å². The molecule has 6 heteroatoms. The lowest BCUT2D eigenvalue weighted by atomic mass is 10.0. The third kappa shape index (κ3) is 3.78. The quantitative estimate of drug-likeness (QED) is 0.780. The summed E-state index contributed by atoms with van der Waals surface area (Å²) < 4.78 is 11.0. The molecule has 1 aromatic heterocycles. The number of hydrogen-bond donors (Lipinski definition) is 2. The van der Waals surface area contributed by atoms with Crippen LogP contribution in [-0.2, 0) is 9.47 Å². The lowest BCUT2D eigenvalue weighted by Gasteiger charge is -2.26. The van der Waals surface area contributed by atoms with Crippen molar-refractivity contribution in [2.24, 2.45) is 0 Å². The first-order chi connectivity index (χ1) is 9.28. The number of aromatic nitrogens is 2. The van der Waals surface area contributed by atoms with Gasteiger partial charge in [-0.3, -0.25) is 0 Å². The SMILES string of the molecule is CCCNc1nccc(NCC2(OC)CCOC2)n1. The van der Waals surface area contributed by atoms with Crippen LogP contribution in [0.15, 0.2) is 12.3 Å². The van der Waals surface area contributed by atoms with Crippen molar-refractivity contribution < 1.29 is 9.47 Å². The Morgan fingerprint density at radius 1 is 1.47 bits per heavy atom. The Morgan fingerprint density at radius 2 is 2.37 bits per heavy atom. The van der Waals surface area contributed by atoms with Crippen LogP contribution in [0.2, 0.25) is 0 Å². The molecule has 2 N–H and O–H groups in total. The monoisotopic (exact) mass is 266 g/mol. The van der Waals surface area contributed by atoms with Crippen molar-refractivity contribution in [2.75, 3.05) is 44.0 Å². The van der Waals surface area contributed by atoms with Crippen molar-refractivity contribution >= 4 is 11.8 Å². The third-order valence-electron chi connectivity index (χ3n) is 3.28. The maximum absolute atomic E-state index is 5.57. The molecule has 2 rings (SSSR count). The predicted molar refractivity (Wildman–Crippen MR) is 74.5 cm³/mol. The molecule has 106 valence electrons. The minimum atomic E-state index is -0.234. The highest BCUT2D eigenvalue weighted by Gasteiger charge is 2.34. The summed E-state index contributed by atoms with van der Waals surface area (Å²) in [4.78, 5) is 8.58. The average molecular weight is 266 g/mol. The second-order valence-corrected chi connectivity index (χ2v) is 4.74. The highest BCUT2D eigenvalue weighted by Crippen LogP contribution is 2.22. The van der Waals surface area contributed by atoms with Gasteiger partial charge in [-0.2, -0.15) is 4.98 Å². The number of nitrogens with zero attached hydrogens (tertiary/aromatic N) is 2. The van der Waals surface area contributed by atoms with E-state index in [1.165, 1.54) is 0 Å². The summed E-state index contributed by atoms with van der Waals surface area (Å²) in [6.07, 6.45) is 3.70. The first-order valence-corrected chi connectivity index (χ1v) is 6.72. The maximum Gasteiger partial charge on any atom is 0.224 e. The molecule has 19 heavy (non-hydrogen) atoms. The van der Waals surface area contributed by atoms with Crippen molar-refractivity contribution in [1.29, 1.82) is 0 Å². The van der Waals surface area contributed by atoms with Crippen LogP contribution >= 0.6 is 0 Å². The summed E-state index contributed by atoms with van der Waals surface area (Å²) in [5, 5.41) is 6.47. The van der Waals surface area contributed by atoms with Gasteiger partial charge < -0.3 is 20.1 Å². The molecule has 1 atom stereocenters. The Balaban J connectivity index is 1.91. The summed E-state index contributed by atoms with van der Waals surface area (Å²) in [5.74, 6) is 1.46. The second kappa shape index (κ2) is 6.68. The molecule has 1 unspecified atom stereocenters. The fraction of sp³-hybridized carbons (Fsp3) is 0.692. The van der Waals surface area contributed by atoms with Gasteiger partial charge >= 0.3 is 0 Å². The van der Waals surface area contributed by atoms with Gasteiger partial charge in [-0.25, -0.2) is 4.98 Å². The molecule has 0 radical (unpaired) electrons. The predicted octanol–water partition coefficient (Wildman–Crippen LogP) is 1.52. The van der Waals surface area contributed by atoms with E-state index in [0.29, 0.717) is 19.1 Å². The molecule has 2 heterocycles. The maximum atomic E-state index is 5.57. The fourth-order valence-electron chi connectivity index (χ4n) is 1.99. The summed E-state index contributed by atoms with van der Waals surface area (Å²) in [6.45, 7) is 5.05. The molecule has 6 nitrogen and oxygen atoms in total. The number of ether oxygens (including phenoxy) is 2. The number of methoxy groups -OCH3 is 1. The lowest BCUT2D eigenvalue weighted by Crippen LogP contribution is -2.39. The molecule has 1 aliphatic rings. The minimum Gasteiger partial charge on any atom is -0.378 e. The van der Waals surface area contributed by atoms with E-state index in [-0.39, 0.29) is 5.60 Å². The van der Waals surface area contributed by atoms with E-state index in [1.807, 2.05) is 6.07 Å². The van der Waals surface area contributed by atoms with E-state index in [9.17, 15) is 0 Å². The molecular formula is C13H22N4O2. The van der Waals surface area contributed by atoms with E-state index in [1.54, 1.807) is 13.3 Å². The van der Waals surface area contributed by atoms with Gasteiger partial charge in [0.2, 0.25) is 5.95 Å². The summed E-state index contributed by atoms with van der Waals surface area (Å²) in [5.41, 5.74) is -0.234. The van der Waals surface area contributed by atoms with Gasteiger partial charge in [0.1, 0.15) is 11.4 Å². The molecular weight excluding hydrogens is 244 g/mol. The molecule has 0 saturated carbocycles. The zero-order chi connectivity index (χ0) is 13.6. The van der Waals surface area contributed by atoms with Crippen molar-refractivity contribution in [2.45, 2.75) is 25.4 Å². The average Bonchev–Trinajstić information content (AvgIpc) is 2.93. The van der Waals surface area contributed by atoms with Crippen LogP contribution in [0.5, 0.6) is 0 Å². The van der Waals surface area contributed by atoms with Crippen LogP contribution in [0.25, 0.3) is 0 Å². The van der Waals surface area contributed by atoms with E-state index in [4.69, 9.17) is 9.47 Å². The topological polar surface area (TPSA) is 68.3 Å². The van der Waals surface area contributed by atoms with E-state index in [0.717, 1.165) is 31.8 Å². The number of nitrogens with one attached hydrogen (secondary N) is 2. The molecule has 1 aromatic rings. The second-order valence-electron chi connectivity index (χ2n) is 4.74. The summed E-state index contributed by atoms with van der Waals surface area (Å²) in [7, 11) is 1.73. The van der Waals surface area contributed by atoms with Gasteiger partial charge in [0.05, 0.1) is 6.61 Å². The normalized spacial score (nSPS) is 22.4. The molecule has 0 spiro atoms. The van der Waals surface area contributed by atoms with Crippen LogP contribution in [0.4, 0.5) is 11.8 Å². The Bertz CT molecular complexity index is 394. The summed E-state index contributed by atoms with van der Waals surface area (Å²) in [6, 6.07) is 1.86. The van der Waals surface area contributed by atoms with Gasteiger partial charge in [-0.05, 0) is 12.5 Å². The van der Waals surface area contributed by atoms with E-state index in [2.05, 4.69) is 27.5 Å². The van der Waals surface area contributed by atoms with Crippen LogP contribution in [-0.4, -0.2) is 49.0 Å². The minimum absolute atomic E-state index is 0.234. The smallest absolute Gasteiger partial charge is 0.224 e. The highest BCUT2D eigenvalue weighted by molar-refractivity contribution is 5.39. The first kappa shape index (κ1) is 14.0. The van der Waals surface area contributed by atoms with Gasteiger partial charge in [-0.1, -0.05) is 6.92 Å². The molecule has 0 amide bonds. The first-order valence-electron chi connectivity index (χ1n) is 6.72. The van der Waals surface area contributed by atoms with Gasteiger partial charge in [-0.15, -0.1) is 0 Å². The van der Waals surface area contributed by atoms with Crippen molar-refractivity contribution in [3.8, 4) is 0 Å². The van der Waals surface area contributed by atoms with E-state index < -0.39 is 0 Å². The van der Waals surface area contributed by atoms with Crippen molar-refractivity contribution in [3.63, 3.8) is 0 Å². The fourth-order valence-corrected chi connectivity index (χ4v) is 1.99. The van der Waals surface area contributed by atoms with Crippen LogP contribution in [0, 0.1) is 0 Å². The Labute approximate surface area is 113 Å². The van der Waals surface area contributed by atoms with Crippen molar-refractivity contribution in [1.82, 2.24) is 9.97 Å².